The van der Waals surface area contributed by atoms with Gasteiger partial charge in [-0.3, -0.25) is 9.69 Å². The number of rotatable bonds is 5. The van der Waals surface area contributed by atoms with Gasteiger partial charge < -0.3 is 10.1 Å². The highest BCUT2D eigenvalue weighted by Crippen LogP contribution is 2.40. The highest BCUT2D eigenvalue weighted by Gasteiger charge is 2.30. The lowest BCUT2D eigenvalue weighted by Crippen LogP contribution is -2.45. The Morgan fingerprint density at radius 3 is 2.52 bits per heavy atom. The third kappa shape index (κ3) is 4.05. The van der Waals surface area contributed by atoms with Crippen LogP contribution < -0.4 is 10.1 Å². The van der Waals surface area contributed by atoms with E-state index in [4.69, 9.17) is 4.74 Å². The van der Waals surface area contributed by atoms with Crippen molar-refractivity contribution in [3.05, 3.63) is 29.8 Å². The second-order valence-corrected chi connectivity index (χ2v) is 6.14. The Labute approximate surface area is 126 Å². The Kier molecular flexibility index (Phi) is 4.56. The van der Waals surface area contributed by atoms with Crippen molar-refractivity contribution in [2.45, 2.75) is 32.2 Å². The highest BCUT2D eigenvalue weighted by atomic mass is 16.5. The number of esters is 1. The van der Waals surface area contributed by atoms with E-state index in [-0.39, 0.29) is 5.97 Å². The monoisotopic (exact) mass is 288 g/mol. The molecular weight excluding hydrogens is 264 g/mol. The molecule has 0 aromatic heterocycles. The van der Waals surface area contributed by atoms with Crippen molar-refractivity contribution < 1.29 is 9.53 Å². The summed E-state index contributed by atoms with van der Waals surface area (Å²) < 4.78 is 5.13. The molecule has 114 valence electrons. The van der Waals surface area contributed by atoms with E-state index in [9.17, 15) is 4.79 Å². The summed E-state index contributed by atoms with van der Waals surface area (Å²) in [5.41, 5.74) is 1.35. The first kappa shape index (κ1) is 14.5. The van der Waals surface area contributed by atoms with E-state index in [1.807, 2.05) is 12.1 Å². The molecule has 4 nitrogen and oxygen atoms in total. The van der Waals surface area contributed by atoms with Gasteiger partial charge in [0.05, 0.1) is 0 Å². The van der Waals surface area contributed by atoms with Gasteiger partial charge in [-0.05, 0) is 30.0 Å². The summed E-state index contributed by atoms with van der Waals surface area (Å²) in [7, 11) is 0. The quantitative estimate of drug-likeness (QED) is 0.667. The van der Waals surface area contributed by atoms with Gasteiger partial charge in [-0.25, -0.2) is 0 Å². The number of ether oxygens (including phenoxy) is 1. The second kappa shape index (κ2) is 6.58. The van der Waals surface area contributed by atoms with Crippen molar-refractivity contribution in [2.75, 3.05) is 26.2 Å². The molecule has 0 bridgehead atoms. The van der Waals surface area contributed by atoms with Crippen molar-refractivity contribution in [3.8, 4) is 5.75 Å². The van der Waals surface area contributed by atoms with Crippen LogP contribution in [-0.2, 0) is 4.79 Å². The van der Waals surface area contributed by atoms with Crippen LogP contribution in [0.4, 0.5) is 0 Å². The Morgan fingerprint density at radius 2 is 1.95 bits per heavy atom. The molecule has 0 amide bonds. The zero-order valence-corrected chi connectivity index (χ0v) is 12.7. The Morgan fingerprint density at radius 1 is 1.29 bits per heavy atom. The van der Waals surface area contributed by atoms with Crippen molar-refractivity contribution >= 4 is 5.97 Å². The first-order valence-electron chi connectivity index (χ1n) is 7.95. The fraction of sp³-hybridized carbons (Fsp3) is 0.588. The Balaban J connectivity index is 1.73. The van der Waals surface area contributed by atoms with Gasteiger partial charge in [-0.2, -0.15) is 0 Å². The number of hydrogen-bond donors (Lipinski definition) is 1. The molecule has 1 aliphatic heterocycles. The minimum atomic E-state index is -0.264. The van der Waals surface area contributed by atoms with Crippen LogP contribution in [0.1, 0.15) is 37.8 Å². The predicted octanol–water partition coefficient (Wildman–Crippen LogP) is 2.36. The van der Waals surface area contributed by atoms with Crippen LogP contribution in [0.5, 0.6) is 5.75 Å². The first-order valence-corrected chi connectivity index (χ1v) is 7.95. The van der Waals surface area contributed by atoms with Gasteiger partial charge in [0.15, 0.2) is 0 Å². The minimum absolute atomic E-state index is 0.264. The maximum Gasteiger partial charge on any atom is 0.308 e. The summed E-state index contributed by atoms with van der Waals surface area (Å²) in [4.78, 5) is 13.6. The van der Waals surface area contributed by atoms with Crippen LogP contribution in [0.2, 0.25) is 0 Å². The first-order chi connectivity index (χ1) is 10.2. The lowest BCUT2D eigenvalue weighted by molar-refractivity contribution is -0.131. The molecule has 1 aliphatic carbocycles. The van der Waals surface area contributed by atoms with Gasteiger partial charge in [0.2, 0.25) is 0 Å². The zero-order valence-electron chi connectivity index (χ0n) is 12.7. The Hall–Kier alpha value is -1.39. The van der Waals surface area contributed by atoms with E-state index in [2.05, 4.69) is 22.3 Å². The number of nitrogens with zero attached hydrogens (tertiary/aromatic N) is 1. The Bertz CT molecular complexity index is 476. The number of hydrogen-bond acceptors (Lipinski definition) is 4. The van der Waals surface area contributed by atoms with Crippen LogP contribution in [0.25, 0.3) is 0 Å². The van der Waals surface area contributed by atoms with Gasteiger partial charge in [-0.15, -0.1) is 0 Å². The average molecular weight is 288 g/mol. The molecule has 1 atom stereocenters. The SMILES string of the molecule is CC(=O)Oc1ccc([C@H](CC2CC2)N2CCNCC2)cc1. The molecule has 0 unspecified atom stereocenters. The van der Waals surface area contributed by atoms with E-state index in [1.54, 1.807) is 0 Å². The minimum Gasteiger partial charge on any atom is -0.427 e. The standard InChI is InChI=1S/C17H24N2O2/c1-13(20)21-16-6-4-15(5-7-16)17(12-14-2-3-14)19-10-8-18-9-11-19/h4-7,14,17-18H,2-3,8-12H2,1H3/t17-/m0/s1. The summed E-state index contributed by atoms with van der Waals surface area (Å²) >= 11 is 0. The molecule has 1 saturated carbocycles. The smallest absolute Gasteiger partial charge is 0.308 e. The second-order valence-electron chi connectivity index (χ2n) is 6.14. The number of carbonyl (C=O) groups is 1. The van der Waals surface area contributed by atoms with E-state index in [0.29, 0.717) is 11.8 Å². The number of piperazine rings is 1. The van der Waals surface area contributed by atoms with Crippen LogP contribution in [0.15, 0.2) is 24.3 Å². The fourth-order valence-electron chi connectivity index (χ4n) is 3.08. The van der Waals surface area contributed by atoms with Crippen molar-refractivity contribution in [2.24, 2.45) is 5.92 Å². The molecular formula is C17H24N2O2. The van der Waals surface area contributed by atoms with E-state index >= 15 is 0 Å². The molecule has 2 fully saturated rings. The predicted molar refractivity (Wildman–Crippen MR) is 82.3 cm³/mol. The number of carbonyl (C=O) groups excluding carboxylic acids is 1. The molecule has 1 N–H and O–H groups in total. The molecule has 1 heterocycles. The van der Waals surface area contributed by atoms with E-state index in [1.165, 1.54) is 31.7 Å². The summed E-state index contributed by atoms with van der Waals surface area (Å²) in [5, 5.41) is 3.42. The van der Waals surface area contributed by atoms with Gasteiger partial charge in [0, 0.05) is 39.1 Å². The number of nitrogens with one attached hydrogen (secondary N) is 1. The summed E-state index contributed by atoms with van der Waals surface area (Å²) in [6.45, 7) is 5.82. The lowest BCUT2D eigenvalue weighted by atomic mass is 9.98. The third-order valence-corrected chi connectivity index (χ3v) is 4.37. The summed E-state index contributed by atoms with van der Waals surface area (Å²) in [6.07, 6.45) is 4.02. The third-order valence-electron chi connectivity index (χ3n) is 4.37. The molecule has 2 aliphatic rings. The van der Waals surface area contributed by atoms with Crippen LogP contribution in [-0.4, -0.2) is 37.0 Å². The molecule has 1 saturated heterocycles. The van der Waals surface area contributed by atoms with E-state index in [0.717, 1.165) is 32.1 Å². The van der Waals surface area contributed by atoms with Crippen LogP contribution in [0, 0.1) is 5.92 Å². The van der Waals surface area contributed by atoms with Crippen molar-refractivity contribution in [1.82, 2.24) is 10.2 Å². The van der Waals surface area contributed by atoms with Crippen LogP contribution in [0.3, 0.4) is 0 Å². The largest absolute Gasteiger partial charge is 0.427 e. The van der Waals surface area contributed by atoms with Gasteiger partial charge in [0.1, 0.15) is 5.75 Å². The summed E-state index contributed by atoms with van der Waals surface area (Å²) in [6, 6.07) is 8.57. The topological polar surface area (TPSA) is 41.6 Å². The van der Waals surface area contributed by atoms with E-state index < -0.39 is 0 Å². The molecule has 4 heteroatoms. The van der Waals surface area contributed by atoms with Gasteiger partial charge in [-0.1, -0.05) is 25.0 Å². The van der Waals surface area contributed by atoms with Gasteiger partial charge in [0.25, 0.3) is 0 Å². The molecule has 21 heavy (non-hydrogen) atoms. The molecule has 3 rings (SSSR count). The van der Waals surface area contributed by atoms with Crippen molar-refractivity contribution in [3.63, 3.8) is 0 Å². The average Bonchev–Trinajstić information content (AvgIpc) is 3.30. The fourth-order valence-corrected chi connectivity index (χ4v) is 3.08. The normalized spacial score (nSPS) is 21.0. The summed E-state index contributed by atoms with van der Waals surface area (Å²) in [5.74, 6) is 1.27. The maximum absolute atomic E-state index is 11.0. The highest BCUT2D eigenvalue weighted by molar-refractivity contribution is 5.69. The lowest BCUT2D eigenvalue weighted by Gasteiger charge is -2.35. The zero-order chi connectivity index (χ0) is 14.7. The maximum atomic E-state index is 11.0. The number of benzene rings is 1. The molecule has 1 aromatic carbocycles. The molecule has 0 radical (unpaired) electrons. The molecule has 1 aromatic rings. The van der Waals surface area contributed by atoms with Gasteiger partial charge >= 0.3 is 5.97 Å². The van der Waals surface area contributed by atoms with Crippen molar-refractivity contribution in [1.29, 1.82) is 0 Å². The molecule has 0 spiro atoms. The van der Waals surface area contributed by atoms with Crippen LogP contribution >= 0.6 is 0 Å².